The Balaban J connectivity index is 1.44. The highest BCUT2D eigenvalue weighted by Gasteiger charge is 2.41. The second kappa shape index (κ2) is 12.1. The number of hydrogen-bond donors (Lipinski definition) is 4. The number of carbonyl (C=O) groups is 1. The number of rotatable bonds is 8. The number of methoxy groups -OCH3 is 1. The van der Waals surface area contributed by atoms with Crippen LogP contribution in [0.25, 0.3) is 5.70 Å². The summed E-state index contributed by atoms with van der Waals surface area (Å²) in [6.45, 7) is 7.91. The van der Waals surface area contributed by atoms with E-state index in [-0.39, 0.29) is 22.4 Å². The zero-order valence-electron chi connectivity index (χ0n) is 27.0. The van der Waals surface area contributed by atoms with Crippen LogP contribution in [0.5, 0.6) is 5.75 Å². The summed E-state index contributed by atoms with van der Waals surface area (Å²) in [6, 6.07) is 8.74. The summed E-state index contributed by atoms with van der Waals surface area (Å²) in [5, 5.41) is 4.36. The first-order chi connectivity index (χ1) is 21.1. The van der Waals surface area contributed by atoms with Gasteiger partial charge < -0.3 is 20.4 Å². The third-order valence-electron chi connectivity index (χ3n) is 8.93. The van der Waals surface area contributed by atoms with Gasteiger partial charge in [0, 0.05) is 23.7 Å². The van der Waals surface area contributed by atoms with E-state index in [1.807, 2.05) is 40.0 Å². The molecule has 12 heteroatoms. The number of nitrogens with one attached hydrogen (secondary N) is 2. The van der Waals surface area contributed by atoms with Gasteiger partial charge in [0.25, 0.3) is 5.91 Å². The van der Waals surface area contributed by atoms with Gasteiger partial charge in [-0.05, 0) is 67.0 Å². The first kappa shape index (κ1) is 32.4. The van der Waals surface area contributed by atoms with E-state index in [1.54, 1.807) is 30.5 Å². The van der Waals surface area contributed by atoms with Crippen LogP contribution in [0.1, 0.15) is 92.3 Å². The van der Waals surface area contributed by atoms with Gasteiger partial charge in [0.05, 0.1) is 48.0 Å². The van der Waals surface area contributed by atoms with Gasteiger partial charge in [-0.1, -0.05) is 46.1 Å². The maximum absolute atomic E-state index is 13.6. The van der Waals surface area contributed by atoms with Gasteiger partial charge in [0.2, 0.25) is 10.0 Å². The molecule has 2 heterocycles. The highest BCUT2D eigenvalue weighted by atomic mass is 32.2. The van der Waals surface area contributed by atoms with Gasteiger partial charge >= 0.3 is 0 Å². The largest absolute Gasteiger partial charge is 0.492 e. The SMILES string of the molecule is COc1c(NC(=O)c2ccc(C)c(N(N)/C=C(\N)c3cnc4n3C3(CCCCC3)CC4)c2)cc(C(C)(C)C)cc1NS(C)(=O)=O. The van der Waals surface area contributed by atoms with E-state index < -0.39 is 15.9 Å². The van der Waals surface area contributed by atoms with Gasteiger partial charge in [0.1, 0.15) is 5.82 Å². The summed E-state index contributed by atoms with van der Waals surface area (Å²) >= 11 is 0. The van der Waals surface area contributed by atoms with Crippen molar-refractivity contribution in [1.29, 1.82) is 0 Å². The van der Waals surface area contributed by atoms with E-state index in [0.29, 0.717) is 22.6 Å². The number of amides is 1. The van der Waals surface area contributed by atoms with Crippen molar-refractivity contribution in [2.24, 2.45) is 11.6 Å². The molecule has 3 aromatic rings. The molecule has 11 nitrogen and oxygen atoms in total. The van der Waals surface area contributed by atoms with Gasteiger partial charge in [0.15, 0.2) is 5.75 Å². The summed E-state index contributed by atoms with van der Waals surface area (Å²) in [5.41, 5.74) is 11.0. The zero-order valence-corrected chi connectivity index (χ0v) is 27.8. The first-order valence-corrected chi connectivity index (χ1v) is 17.2. The molecular formula is C33H45N7O4S. The molecule has 1 aliphatic heterocycles. The minimum atomic E-state index is -3.61. The molecule has 2 aliphatic rings. The fourth-order valence-electron chi connectivity index (χ4n) is 6.60. The number of aryl methyl sites for hydroxylation is 2. The van der Waals surface area contributed by atoms with Crippen molar-refractivity contribution in [3.63, 3.8) is 0 Å². The number of benzene rings is 2. The standard InChI is InChI=1S/C33H45N7O4S/c1-21-10-11-22(31(41)37-25-17-23(32(2,3)4)18-26(30(25)44-5)38-45(6,42)43)16-27(21)39(35)20-24(34)28-19-36-29-12-15-33(40(28)29)13-8-7-9-14-33/h10-11,16-20,38H,7-9,12-15,34-35H2,1-6H3,(H,37,41)/b24-20-. The number of ether oxygens (including phenoxy) is 1. The van der Waals surface area contributed by atoms with Gasteiger partial charge in [-0.25, -0.2) is 19.2 Å². The van der Waals surface area contributed by atoms with E-state index in [9.17, 15) is 13.2 Å². The number of imidazole rings is 1. The normalized spacial score (nSPS) is 16.4. The van der Waals surface area contributed by atoms with E-state index in [4.69, 9.17) is 16.3 Å². The lowest BCUT2D eigenvalue weighted by Crippen LogP contribution is -2.34. The predicted molar refractivity (Wildman–Crippen MR) is 180 cm³/mol. The van der Waals surface area contributed by atoms with E-state index >= 15 is 0 Å². The third-order valence-corrected chi connectivity index (χ3v) is 9.52. The highest BCUT2D eigenvalue weighted by Crippen LogP contribution is 2.45. The summed E-state index contributed by atoms with van der Waals surface area (Å²) in [6.07, 6.45) is 12.6. The molecule has 1 saturated carbocycles. The number of nitrogens with zero attached hydrogens (tertiary/aromatic N) is 3. The first-order valence-electron chi connectivity index (χ1n) is 15.3. The predicted octanol–water partition coefficient (Wildman–Crippen LogP) is 5.36. The Kier molecular flexibility index (Phi) is 8.67. The van der Waals surface area contributed by atoms with Crippen molar-refractivity contribution in [1.82, 2.24) is 9.55 Å². The van der Waals surface area contributed by atoms with Crippen LogP contribution in [0.3, 0.4) is 0 Å². The number of hydrogen-bond acceptors (Lipinski definition) is 8. The second-order valence-corrected chi connectivity index (χ2v) is 15.1. The molecule has 45 heavy (non-hydrogen) atoms. The Morgan fingerprint density at radius 3 is 2.44 bits per heavy atom. The van der Waals surface area contributed by atoms with Crippen LogP contribution in [-0.2, 0) is 27.4 Å². The Bertz CT molecular complexity index is 1750. The van der Waals surface area contributed by atoms with E-state index in [0.717, 1.165) is 54.6 Å². The fraction of sp³-hybridized carbons (Fsp3) is 0.455. The molecule has 1 spiro atoms. The van der Waals surface area contributed by atoms with Crippen LogP contribution in [-0.4, -0.2) is 37.2 Å². The number of carbonyl (C=O) groups excluding carboxylic acids is 1. The van der Waals surface area contributed by atoms with Crippen molar-refractivity contribution < 1.29 is 17.9 Å². The Hall–Kier alpha value is -4.03. The Morgan fingerprint density at radius 2 is 1.80 bits per heavy atom. The van der Waals surface area contributed by atoms with E-state index in [1.165, 1.54) is 31.4 Å². The monoisotopic (exact) mass is 635 g/mol. The molecule has 0 radical (unpaired) electrons. The minimum absolute atomic E-state index is 0.0767. The van der Waals surface area contributed by atoms with Crippen molar-refractivity contribution >= 4 is 38.7 Å². The molecule has 242 valence electrons. The van der Waals surface area contributed by atoms with Crippen LogP contribution >= 0.6 is 0 Å². The molecule has 1 fully saturated rings. The van der Waals surface area contributed by atoms with Crippen molar-refractivity contribution in [2.45, 2.75) is 83.6 Å². The van der Waals surface area contributed by atoms with Crippen LogP contribution in [0, 0.1) is 6.92 Å². The zero-order chi connectivity index (χ0) is 32.7. The van der Waals surface area contributed by atoms with Crippen LogP contribution in [0.15, 0.2) is 42.7 Å². The summed E-state index contributed by atoms with van der Waals surface area (Å²) < 4.78 is 34.6. The molecule has 0 bridgehead atoms. The Labute approximate surface area is 266 Å². The lowest BCUT2D eigenvalue weighted by atomic mass is 9.80. The van der Waals surface area contributed by atoms with Gasteiger partial charge in [-0.3, -0.25) is 14.5 Å². The van der Waals surface area contributed by atoms with Crippen molar-refractivity contribution in [3.05, 3.63) is 70.9 Å². The maximum atomic E-state index is 13.6. The average Bonchev–Trinajstić information content (AvgIpc) is 3.54. The number of anilines is 3. The molecule has 0 saturated heterocycles. The van der Waals surface area contributed by atoms with Gasteiger partial charge in [-0.15, -0.1) is 0 Å². The number of nitrogens with two attached hydrogens (primary N) is 2. The molecule has 2 aromatic carbocycles. The topological polar surface area (TPSA) is 158 Å². The smallest absolute Gasteiger partial charge is 0.255 e. The third kappa shape index (κ3) is 6.67. The van der Waals surface area contributed by atoms with Crippen molar-refractivity contribution in [2.75, 3.05) is 28.4 Å². The quantitative estimate of drug-likeness (QED) is 0.190. The molecule has 1 aromatic heterocycles. The molecular weight excluding hydrogens is 590 g/mol. The van der Waals surface area contributed by atoms with Crippen molar-refractivity contribution in [3.8, 4) is 5.75 Å². The lowest BCUT2D eigenvalue weighted by Gasteiger charge is -2.36. The highest BCUT2D eigenvalue weighted by molar-refractivity contribution is 7.92. The summed E-state index contributed by atoms with van der Waals surface area (Å²) in [4.78, 5) is 18.3. The summed E-state index contributed by atoms with van der Waals surface area (Å²) in [5.74, 6) is 7.42. The lowest BCUT2D eigenvalue weighted by molar-refractivity contribution is 0.102. The molecule has 1 aliphatic carbocycles. The Morgan fingerprint density at radius 1 is 1.11 bits per heavy atom. The average molecular weight is 636 g/mol. The number of fused-ring (bicyclic) bond motifs is 2. The number of aromatic nitrogens is 2. The minimum Gasteiger partial charge on any atom is -0.492 e. The van der Waals surface area contributed by atoms with Crippen LogP contribution in [0.4, 0.5) is 17.1 Å². The van der Waals surface area contributed by atoms with Gasteiger partial charge in [-0.2, -0.15) is 0 Å². The van der Waals surface area contributed by atoms with Crippen LogP contribution in [0.2, 0.25) is 0 Å². The molecule has 6 N–H and O–H groups in total. The number of hydrazine groups is 1. The number of sulfonamides is 1. The fourth-order valence-corrected chi connectivity index (χ4v) is 7.15. The molecule has 0 unspecified atom stereocenters. The summed E-state index contributed by atoms with van der Waals surface area (Å²) in [7, 11) is -2.19. The van der Waals surface area contributed by atoms with Crippen LogP contribution < -0.4 is 31.4 Å². The van der Waals surface area contributed by atoms with E-state index in [2.05, 4.69) is 19.6 Å². The molecule has 1 amide bonds. The molecule has 0 atom stereocenters. The second-order valence-electron chi connectivity index (χ2n) is 13.4. The molecule has 5 rings (SSSR count). The maximum Gasteiger partial charge on any atom is 0.255 e.